The lowest BCUT2D eigenvalue weighted by Crippen LogP contribution is -2.28. The van der Waals surface area contributed by atoms with Crippen LogP contribution in [0.4, 0.5) is 5.69 Å². The Labute approximate surface area is 134 Å². The smallest absolute Gasteiger partial charge is 0.258 e. The minimum Gasteiger partial charge on any atom is -0.484 e. The molecule has 2 aromatic rings. The van der Waals surface area contributed by atoms with Crippen LogP contribution in [0.15, 0.2) is 42.5 Å². The van der Waals surface area contributed by atoms with Crippen molar-refractivity contribution in [1.29, 1.82) is 0 Å². The number of nitrogens with one attached hydrogen (secondary N) is 2. The van der Waals surface area contributed by atoms with Gasteiger partial charge in [-0.1, -0.05) is 29.8 Å². The van der Waals surface area contributed by atoms with Crippen LogP contribution in [0.25, 0.3) is 0 Å². The van der Waals surface area contributed by atoms with Gasteiger partial charge in [-0.15, -0.1) is 0 Å². The Kier molecular flexibility index (Phi) is 4.28. The summed E-state index contributed by atoms with van der Waals surface area (Å²) in [6.07, 6.45) is 0.396. The first-order valence-electron chi connectivity index (χ1n) is 7.48. The largest absolute Gasteiger partial charge is 0.484 e. The highest BCUT2D eigenvalue weighted by Gasteiger charge is 2.17. The fraction of sp³-hybridized carbons (Fsp3) is 0.222. The van der Waals surface area contributed by atoms with Crippen LogP contribution in [0.5, 0.6) is 5.75 Å². The van der Waals surface area contributed by atoms with E-state index in [1.807, 2.05) is 49.4 Å². The van der Waals surface area contributed by atoms with E-state index in [2.05, 4.69) is 10.6 Å². The molecule has 1 aliphatic heterocycles. The normalized spacial score (nSPS) is 12.5. The molecule has 0 spiro atoms. The van der Waals surface area contributed by atoms with Gasteiger partial charge in [-0.05, 0) is 36.2 Å². The van der Waals surface area contributed by atoms with Gasteiger partial charge in [-0.25, -0.2) is 0 Å². The van der Waals surface area contributed by atoms with Gasteiger partial charge < -0.3 is 15.4 Å². The molecule has 5 nitrogen and oxygen atoms in total. The lowest BCUT2D eigenvalue weighted by Gasteiger charge is -2.08. The first kappa shape index (κ1) is 15.1. The predicted molar refractivity (Wildman–Crippen MR) is 87.3 cm³/mol. The third-order valence-electron chi connectivity index (χ3n) is 3.68. The Hall–Kier alpha value is -2.82. The highest BCUT2D eigenvalue weighted by atomic mass is 16.5. The second-order valence-electron chi connectivity index (χ2n) is 5.59. The molecule has 3 rings (SSSR count). The summed E-state index contributed by atoms with van der Waals surface area (Å²) < 4.78 is 5.43. The summed E-state index contributed by atoms with van der Waals surface area (Å²) in [4.78, 5) is 23.2. The van der Waals surface area contributed by atoms with Crippen molar-refractivity contribution in [3.8, 4) is 5.75 Å². The standard InChI is InChI=1S/C18H18N2O3/c1-12-2-5-15(6-3-12)23-11-18(22)19-10-13-4-7-16-14(8-13)9-17(21)20-16/h2-8H,9-11H2,1H3,(H,19,22)(H,20,21). The van der Waals surface area contributed by atoms with Gasteiger partial charge in [0.25, 0.3) is 5.91 Å². The van der Waals surface area contributed by atoms with Crippen molar-refractivity contribution in [2.45, 2.75) is 19.9 Å². The summed E-state index contributed by atoms with van der Waals surface area (Å²) in [7, 11) is 0. The predicted octanol–water partition coefficient (Wildman–Crippen LogP) is 2.18. The molecule has 2 aromatic carbocycles. The molecule has 23 heavy (non-hydrogen) atoms. The monoisotopic (exact) mass is 310 g/mol. The fourth-order valence-electron chi connectivity index (χ4n) is 2.43. The van der Waals surface area contributed by atoms with E-state index in [9.17, 15) is 9.59 Å². The van der Waals surface area contributed by atoms with Gasteiger partial charge in [0.2, 0.25) is 5.91 Å². The second-order valence-corrected chi connectivity index (χ2v) is 5.59. The first-order chi connectivity index (χ1) is 11.1. The van der Waals surface area contributed by atoms with Gasteiger partial charge in [0.15, 0.2) is 6.61 Å². The molecular formula is C18H18N2O3. The third kappa shape index (κ3) is 3.88. The SMILES string of the molecule is Cc1ccc(OCC(=O)NCc2ccc3c(c2)CC(=O)N3)cc1. The van der Waals surface area contributed by atoms with E-state index in [0.717, 1.165) is 22.4 Å². The van der Waals surface area contributed by atoms with Crippen LogP contribution < -0.4 is 15.4 Å². The molecule has 0 saturated carbocycles. The molecule has 0 unspecified atom stereocenters. The Morgan fingerprint density at radius 1 is 1.22 bits per heavy atom. The molecule has 0 fully saturated rings. The molecule has 0 saturated heterocycles. The van der Waals surface area contributed by atoms with Crippen LogP contribution in [0.2, 0.25) is 0 Å². The zero-order chi connectivity index (χ0) is 16.2. The summed E-state index contributed by atoms with van der Waals surface area (Å²) in [6.45, 7) is 2.39. The summed E-state index contributed by atoms with van der Waals surface area (Å²) in [5.74, 6) is 0.501. The Balaban J connectivity index is 1.48. The van der Waals surface area contributed by atoms with Gasteiger partial charge in [0, 0.05) is 12.2 Å². The number of rotatable bonds is 5. The number of hydrogen-bond acceptors (Lipinski definition) is 3. The molecule has 0 bridgehead atoms. The van der Waals surface area contributed by atoms with Crippen LogP contribution >= 0.6 is 0 Å². The molecule has 0 radical (unpaired) electrons. The van der Waals surface area contributed by atoms with Crippen LogP contribution in [0, 0.1) is 6.92 Å². The van der Waals surface area contributed by atoms with Gasteiger partial charge in [0.1, 0.15) is 5.75 Å². The quantitative estimate of drug-likeness (QED) is 0.889. The number of amides is 2. The second kappa shape index (κ2) is 6.52. The maximum atomic E-state index is 11.8. The molecule has 1 aliphatic rings. The molecule has 0 aromatic heterocycles. The van der Waals surface area contributed by atoms with E-state index < -0.39 is 0 Å². The van der Waals surface area contributed by atoms with Gasteiger partial charge >= 0.3 is 0 Å². The molecule has 0 aliphatic carbocycles. The Morgan fingerprint density at radius 2 is 2.00 bits per heavy atom. The van der Waals surface area contributed by atoms with Gasteiger partial charge in [-0.3, -0.25) is 9.59 Å². The highest BCUT2D eigenvalue weighted by molar-refractivity contribution is 5.99. The number of carbonyl (C=O) groups excluding carboxylic acids is 2. The summed E-state index contributed by atoms with van der Waals surface area (Å²) in [5.41, 5.74) is 3.93. The molecule has 5 heteroatoms. The van der Waals surface area contributed by atoms with Crippen molar-refractivity contribution >= 4 is 17.5 Å². The number of carbonyl (C=O) groups is 2. The van der Waals surface area contributed by atoms with E-state index in [1.165, 1.54) is 0 Å². The van der Waals surface area contributed by atoms with Crippen LogP contribution in [0.1, 0.15) is 16.7 Å². The molecule has 1 heterocycles. The zero-order valence-corrected chi connectivity index (χ0v) is 12.9. The van der Waals surface area contributed by atoms with E-state index in [4.69, 9.17) is 4.74 Å². The Bertz CT molecular complexity index is 738. The minimum absolute atomic E-state index is 0.00711. The van der Waals surface area contributed by atoms with Crippen molar-refractivity contribution in [2.75, 3.05) is 11.9 Å². The van der Waals surface area contributed by atoms with Crippen LogP contribution in [-0.4, -0.2) is 18.4 Å². The lowest BCUT2D eigenvalue weighted by molar-refractivity contribution is -0.123. The van der Waals surface area contributed by atoms with Gasteiger partial charge in [-0.2, -0.15) is 0 Å². The average molecular weight is 310 g/mol. The number of anilines is 1. The Morgan fingerprint density at radius 3 is 2.78 bits per heavy atom. The lowest BCUT2D eigenvalue weighted by atomic mass is 10.1. The van der Waals surface area contributed by atoms with Crippen molar-refractivity contribution in [3.05, 3.63) is 59.2 Å². The average Bonchev–Trinajstić information content (AvgIpc) is 2.91. The van der Waals surface area contributed by atoms with E-state index in [0.29, 0.717) is 18.7 Å². The minimum atomic E-state index is -0.180. The summed E-state index contributed by atoms with van der Waals surface area (Å²) in [6, 6.07) is 13.3. The molecule has 0 atom stereocenters. The van der Waals surface area contributed by atoms with Crippen LogP contribution in [-0.2, 0) is 22.6 Å². The van der Waals surface area contributed by atoms with Crippen molar-refractivity contribution in [2.24, 2.45) is 0 Å². The molecule has 2 N–H and O–H groups in total. The highest BCUT2D eigenvalue weighted by Crippen LogP contribution is 2.23. The number of ether oxygens (including phenoxy) is 1. The summed E-state index contributed by atoms with van der Waals surface area (Å²) in [5, 5.41) is 5.60. The van der Waals surface area contributed by atoms with Crippen LogP contribution in [0.3, 0.4) is 0 Å². The van der Waals surface area contributed by atoms with Crippen molar-refractivity contribution in [3.63, 3.8) is 0 Å². The number of fused-ring (bicyclic) bond motifs is 1. The zero-order valence-electron chi connectivity index (χ0n) is 12.9. The topological polar surface area (TPSA) is 67.4 Å². The van der Waals surface area contributed by atoms with E-state index >= 15 is 0 Å². The van der Waals surface area contributed by atoms with E-state index in [-0.39, 0.29) is 18.4 Å². The summed E-state index contributed by atoms with van der Waals surface area (Å²) >= 11 is 0. The van der Waals surface area contributed by atoms with E-state index in [1.54, 1.807) is 0 Å². The maximum Gasteiger partial charge on any atom is 0.258 e. The maximum absolute atomic E-state index is 11.8. The number of aryl methyl sites for hydroxylation is 1. The molecule has 2 amide bonds. The van der Waals surface area contributed by atoms with Crippen molar-refractivity contribution in [1.82, 2.24) is 5.32 Å². The molecule has 118 valence electrons. The van der Waals surface area contributed by atoms with Crippen molar-refractivity contribution < 1.29 is 14.3 Å². The third-order valence-corrected chi connectivity index (χ3v) is 3.68. The molecular weight excluding hydrogens is 292 g/mol. The fourth-order valence-corrected chi connectivity index (χ4v) is 2.43. The first-order valence-corrected chi connectivity index (χ1v) is 7.48. The van der Waals surface area contributed by atoms with Gasteiger partial charge in [0.05, 0.1) is 6.42 Å². The number of benzene rings is 2. The number of hydrogen-bond donors (Lipinski definition) is 2.